The first kappa shape index (κ1) is 16.7. The van der Waals surface area contributed by atoms with E-state index >= 15 is 0 Å². The molecule has 0 saturated carbocycles. The summed E-state index contributed by atoms with van der Waals surface area (Å²) < 4.78 is 8.08. The molecule has 4 nitrogen and oxygen atoms in total. The second-order valence-corrected chi connectivity index (χ2v) is 8.37. The summed E-state index contributed by atoms with van der Waals surface area (Å²) in [5, 5.41) is 0.715. The fourth-order valence-corrected chi connectivity index (χ4v) is 4.99. The number of rotatable bonds is 2. The van der Waals surface area contributed by atoms with Gasteiger partial charge in [0.05, 0.1) is 23.3 Å². The molecule has 0 aliphatic carbocycles. The van der Waals surface area contributed by atoms with E-state index in [1.165, 1.54) is 4.88 Å². The predicted molar refractivity (Wildman–Crippen MR) is 105 cm³/mol. The number of nitrogens with zero attached hydrogens (tertiary/aromatic N) is 1. The lowest BCUT2D eigenvalue weighted by Crippen LogP contribution is -2.34. The van der Waals surface area contributed by atoms with Crippen molar-refractivity contribution in [1.82, 2.24) is 9.55 Å². The maximum absolute atomic E-state index is 13.2. The van der Waals surface area contributed by atoms with Crippen molar-refractivity contribution in [1.29, 1.82) is 0 Å². The summed E-state index contributed by atoms with van der Waals surface area (Å²) in [5.74, 6) is 0. The van der Waals surface area contributed by atoms with Crippen LogP contribution in [0.2, 0.25) is 0 Å². The molecule has 4 rings (SSSR count). The Labute approximate surface area is 155 Å². The summed E-state index contributed by atoms with van der Waals surface area (Å²) in [4.78, 5) is 18.6. The average molecular weight is 373 g/mol. The van der Waals surface area contributed by atoms with E-state index in [2.05, 4.69) is 18.8 Å². The predicted octanol–water partition coefficient (Wildman–Crippen LogP) is 4.66. The summed E-state index contributed by atoms with van der Waals surface area (Å²) in [6, 6.07) is 7.82. The van der Waals surface area contributed by atoms with Gasteiger partial charge in [0.25, 0.3) is 5.56 Å². The van der Waals surface area contributed by atoms with Crippen LogP contribution in [0.25, 0.3) is 15.9 Å². The SMILES string of the molecule is CCC1(C)Cc2sc3[nH]c(=S)n(-c4ccc(C)cc4)c(=O)c3c2CO1. The number of aryl methyl sites for hydroxylation is 1. The number of thiophene rings is 1. The van der Waals surface area contributed by atoms with Gasteiger partial charge in [-0.05, 0) is 44.6 Å². The van der Waals surface area contributed by atoms with Crippen molar-refractivity contribution in [2.24, 2.45) is 0 Å². The molecule has 130 valence electrons. The average Bonchev–Trinajstić information content (AvgIpc) is 2.93. The maximum atomic E-state index is 13.2. The normalized spacial score (nSPS) is 20.0. The first-order valence-electron chi connectivity index (χ1n) is 8.42. The molecule has 3 aromatic rings. The minimum atomic E-state index is -0.152. The van der Waals surface area contributed by atoms with E-state index in [4.69, 9.17) is 17.0 Å². The highest BCUT2D eigenvalue weighted by atomic mass is 32.1. The van der Waals surface area contributed by atoms with Crippen LogP contribution >= 0.6 is 23.6 Å². The third-order valence-electron chi connectivity index (χ3n) is 5.07. The first-order chi connectivity index (χ1) is 11.9. The number of hydrogen-bond acceptors (Lipinski definition) is 4. The molecule has 25 heavy (non-hydrogen) atoms. The lowest BCUT2D eigenvalue weighted by molar-refractivity contribution is -0.0546. The molecule has 2 aromatic heterocycles. The van der Waals surface area contributed by atoms with E-state index in [1.807, 2.05) is 31.2 Å². The highest BCUT2D eigenvalue weighted by Crippen LogP contribution is 2.38. The third-order valence-corrected chi connectivity index (χ3v) is 6.50. The van der Waals surface area contributed by atoms with Gasteiger partial charge in [-0.2, -0.15) is 0 Å². The molecule has 1 aliphatic heterocycles. The van der Waals surface area contributed by atoms with Gasteiger partial charge in [-0.1, -0.05) is 24.6 Å². The Balaban J connectivity index is 1.96. The smallest absolute Gasteiger partial charge is 0.268 e. The van der Waals surface area contributed by atoms with Gasteiger partial charge in [0.1, 0.15) is 4.83 Å². The number of H-pyrrole nitrogens is 1. The third kappa shape index (κ3) is 2.69. The van der Waals surface area contributed by atoms with Crippen LogP contribution in [-0.4, -0.2) is 15.2 Å². The molecule has 0 fully saturated rings. The zero-order chi connectivity index (χ0) is 17.8. The highest BCUT2D eigenvalue weighted by Gasteiger charge is 2.32. The fraction of sp³-hybridized carbons (Fsp3) is 0.368. The Morgan fingerprint density at radius 2 is 2.08 bits per heavy atom. The molecular weight excluding hydrogens is 352 g/mol. The lowest BCUT2D eigenvalue weighted by Gasteiger charge is -2.32. The number of hydrogen-bond donors (Lipinski definition) is 1. The van der Waals surface area contributed by atoms with Crippen LogP contribution in [0, 0.1) is 11.7 Å². The van der Waals surface area contributed by atoms with Crippen molar-refractivity contribution in [3.63, 3.8) is 0 Å². The zero-order valence-electron chi connectivity index (χ0n) is 14.5. The Bertz CT molecular complexity index is 1080. The molecule has 0 saturated heterocycles. The number of aromatic amines is 1. The van der Waals surface area contributed by atoms with Gasteiger partial charge >= 0.3 is 0 Å². The van der Waals surface area contributed by atoms with Crippen LogP contribution in [0.3, 0.4) is 0 Å². The van der Waals surface area contributed by atoms with Crippen molar-refractivity contribution in [2.75, 3.05) is 0 Å². The Kier molecular flexibility index (Phi) is 3.94. The molecule has 1 atom stereocenters. The second kappa shape index (κ2) is 5.90. The van der Waals surface area contributed by atoms with E-state index < -0.39 is 0 Å². The molecule has 1 N–H and O–H groups in total. The van der Waals surface area contributed by atoms with E-state index in [1.54, 1.807) is 15.9 Å². The standard InChI is InChI=1S/C19H20N2O2S2/c1-4-19(3)9-14-13(10-23-19)15-16(25-14)20-18(24)21(17(15)22)12-7-5-11(2)6-8-12/h5-8H,4,9-10H2,1-3H3,(H,20,24). The van der Waals surface area contributed by atoms with E-state index in [-0.39, 0.29) is 11.2 Å². The van der Waals surface area contributed by atoms with Crippen LogP contribution in [0.4, 0.5) is 0 Å². The number of ether oxygens (including phenoxy) is 1. The number of fused-ring (bicyclic) bond motifs is 3. The second-order valence-electron chi connectivity index (χ2n) is 6.88. The highest BCUT2D eigenvalue weighted by molar-refractivity contribution is 7.71. The molecule has 0 amide bonds. The van der Waals surface area contributed by atoms with Gasteiger partial charge < -0.3 is 9.72 Å². The van der Waals surface area contributed by atoms with Crippen molar-refractivity contribution < 1.29 is 4.74 Å². The summed E-state index contributed by atoms with van der Waals surface area (Å²) in [6.45, 7) is 6.77. The van der Waals surface area contributed by atoms with E-state index in [0.717, 1.165) is 34.5 Å². The Morgan fingerprint density at radius 3 is 2.76 bits per heavy atom. The quantitative estimate of drug-likeness (QED) is 0.666. The molecule has 6 heteroatoms. The maximum Gasteiger partial charge on any atom is 0.268 e. The minimum absolute atomic E-state index is 0.0659. The molecule has 3 heterocycles. The van der Waals surface area contributed by atoms with Crippen LogP contribution < -0.4 is 5.56 Å². The fourth-order valence-electron chi connectivity index (χ4n) is 3.27. The van der Waals surface area contributed by atoms with Crippen LogP contribution in [-0.2, 0) is 17.8 Å². The largest absolute Gasteiger partial charge is 0.370 e. The monoisotopic (exact) mass is 372 g/mol. The van der Waals surface area contributed by atoms with Gasteiger partial charge in [0.2, 0.25) is 0 Å². The molecular formula is C19H20N2O2S2. The number of nitrogens with one attached hydrogen (secondary N) is 1. The molecule has 0 spiro atoms. The lowest BCUT2D eigenvalue weighted by atomic mass is 9.93. The van der Waals surface area contributed by atoms with Gasteiger partial charge in [-0.25, -0.2) is 0 Å². The number of aromatic nitrogens is 2. The Morgan fingerprint density at radius 1 is 1.36 bits per heavy atom. The molecule has 0 bridgehead atoms. The zero-order valence-corrected chi connectivity index (χ0v) is 16.1. The molecule has 1 aliphatic rings. The minimum Gasteiger partial charge on any atom is -0.370 e. The van der Waals surface area contributed by atoms with E-state index in [9.17, 15) is 4.79 Å². The molecule has 1 aromatic carbocycles. The van der Waals surface area contributed by atoms with Gasteiger partial charge in [-0.3, -0.25) is 9.36 Å². The van der Waals surface area contributed by atoms with Crippen molar-refractivity contribution in [3.05, 3.63) is 55.4 Å². The van der Waals surface area contributed by atoms with Gasteiger partial charge in [-0.15, -0.1) is 11.3 Å². The first-order valence-corrected chi connectivity index (χ1v) is 9.65. The van der Waals surface area contributed by atoms with Crippen molar-refractivity contribution >= 4 is 33.8 Å². The van der Waals surface area contributed by atoms with Crippen LogP contribution in [0.1, 0.15) is 36.3 Å². The molecule has 0 radical (unpaired) electrons. The van der Waals surface area contributed by atoms with Crippen LogP contribution in [0.15, 0.2) is 29.1 Å². The summed E-state index contributed by atoms with van der Waals surface area (Å²) >= 11 is 7.11. The summed E-state index contributed by atoms with van der Waals surface area (Å²) in [6.07, 6.45) is 1.78. The Hall–Kier alpha value is -1.76. The van der Waals surface area contributed by atoms with Gasteiger partial charge in [0, 0.05) is 16.9 Å². The van der Waals surface area contributed by atoms with Crippen molar-refractivity contribution in [2.45, 2.75) is 45.8 Å². The van der Waals surface area contributed by atoms with E-state index in [0.29, 0.717) is 16.8 Å². The number of benzene rings is 1. The topological polar surface area (TPSA) is 47.0 Å². The molecule has 1 unspecified atom stereocenters. The summed E-state index contributed by atoms with van der Waals surface area (Å²) in [7, 11) is 0. The van der Waals surface area contributed by atoms with Crippen molar-refractivity contribution in [3.8, 4) is 5.69 Å². The van der Waals surface area contributed by atoms with Crippen LogP contribution in [0.5, 0.6) is 0 Å². The van der Waals surface area contributed by atoms with Gasteiger partial charge in [0.15, 0.2) is 4.77 Å². The summed E-state index contributed by atoms with van der Waals surface area (Å²) in [5.41, 5.74) is 2.73.